The summed E-state index contributed by atoms with van der Waals surface area (Å²) in [6.07, 6.45) is 3.97. The summed E-state index contributed by atoms with van der Waals surface area (Å²) in [5, 5.41) is 0. The third-order valence-electron chi connectivity index (χ3n) is 5.36. The predicted octanol–water partition coefficient (Wildman–Crippen LogP) is 5.41. The summed E-state index contributed by atoms with van der Waals surface area (Å²) >= 11 is 0. The molecule has 0 unspecified atom stereocenters. The van der Waals surface area contributed by atoms with Crippen LogP contribution in [0.2, 0.25) is 0 Å². The van der Waals surface area contributed by atoms with Crippen LogP contribution in [0.3, 0.4) is 0 Å². The van der Waals surface area contributed by atoms with Crippen molar-refractivity contribution in [3.8, 4) is 0 Å². The summed E-state index contributed by atoms with van der Waals surface area (Å²) in [4.78, 5) is 24.3. The first-order chi connectivity index (χ1) is 15.6. The molecule has 0 spiro atoms. The summed E-state index contributed by atoms with van der Waals surface area (Å²) in [7, 11) is 0. The topological polar surface area (TPSA) is 45.0 Å². The van der Waals surface area contributed by atoms with Gasteiger partial charge in [-0.3, -0.25) is 9.69 Å². The van der Waals surface area contributed by atoms with E-state index in [1.54, 1.807) is 29.3 Å². The van der Waals surface area contributed by atoms with Gasteiger partial charge in [-0.05, 0) is 42.3 Å². The molecule has 3 aromatic carbocycles. The quantitative estimate of drug-likeness (QED) is 0.520. The van der Waals surface area contributed by atoms with Crippen LogP contribution in [0.1, 0.15) is 22.3 Å². The maximum absolute atomic E-state index is 13.3. The Morgan fingerprint density at radius 1 is 0.938 bits per heavy atom. The summed E-state index contributed by atoms with van der Waals surface area (Å²) in [6.45, 7) is 2.03. The number of nitrogens with zero attached hydrogens (tertiary/aromatic N) is 3. The highest BCUT2D eigenvalue weighted by molar-refractivity contribution is 6.48. The molecule has 2 aliphatic heterocycles. The first kappa shape index (κ1) is 19.8. The fraction of sp³-hybridized carbons (Fsp3) is 0.0741. The van der Waals surface area contributed by atoms with Crippen molar-refractivity contribution in [3.63, 3.8) is 0 Å². The van der Waals surface area contributed by atoms with Crippen LogP contribution in [0, 0.1) is 12.7 Å². The zero-order valence-electron chi connectivity index (χ0n) is 17.5. The number of hydrogen-bond acceptors (Lipinski definition) is 3. The molecule has 0 fully saturated rings. The van der Waals surface area contributed by atoms with Gasteiger partial charge in [-0.1, -0.05) is 66.2 Å². The Balaban J connectivity index is 1.58. The molecule has 5 rings (SSSR count). The molecule has 0 saturated carbocycles. The van der Waals surface area contributed by atoms with Gasteiger partial charge in [0.05, 0.1) is 11.4 Å². The second-order valence-electron chi connectivity index (χ2n) is 7.80. The van der Waals surface area contributed by atoms with E-state index in [4.69, 9.17) is 4.99 Å². The van der Waals surface area contributed by atoms with E-state index < -0.39 is 0 Å². The van der Waals surface area contributed by atoms with Gasteiger partial charge < -0.3 is 0 Å². The number of benzene rings is 3. The maximum atomic E-state index is 13.3. The third-order valence-corrected chi connectivity index (χ3v) is 5.36. The van der Waals surface area contributed by atoms with Crippen molar-refractivity contribution >= 4 is 29.2 Å². The van der Waals surface area contributed by atoms with Crippen molar-refractivity contribution in [3.05, 3.63) is 119 Å². The average Bonchev–Trinajstić information content (AvgIpc) is 3.12. The van der Waals surface area contributed by atoms with Gasteiger partial charge in [0, 0.05) is 18.2 Å². The summed E-state index contributed by atoms with van der Waals surface area (Å²) < 4.78 is 13.3. The number of rotatable bonds is 4. The van der Waals surface area contributed by atoms with Gasteiger partial charge >= 0.3 is 0 Å². The van der Waals surface area contributed by atoms with E-state index in [0.717, 1.165) is 28.1 Å². The Kier molecular flexibility index (Phi) is 5.07. The van der Waals surface area contributed by atoms with Crippen molar-refractivity contribution in [2.75, 3.05) is 0 Å². The molecule has 0 aromatic heterocycles. The molecule has 0 bridgehead atoms. The summed E-state index contributed by atoms with van der Waals surface area (Å²) in [5.41, 5.74) is 5.60. The van der Waals surface area contributed by atoms with Crippen molar-refractivity contribution < 1.29 is 9.18 Å². The molecule has 156 valence electrons. The van der Waals surface area contributed by atoms with Crippen LogP contribution in [0.4, 0.5) is 4.39 Å². The normalized spacial score (nSPS) is 16.6. The Bertz CT molecular complexity index is 1320. The predicted molar refractivity (Wildman–Crippen MR) is 125 cm³/mol. The van der Waals surface area contributed by atoms with E-state index in [-0.39, 0.29) is 11.7 Å². The van der Waals surface area contributed by atoms with Crippen molar-refractivity contribution in [2.24, 2.45) is 9.98 Å². The Morgan fingerprint density at radius 3 is 2.47 bits per heavy atom. The molecule has 2 aliphatic rings. The molecule has 0 radical (unpaired) electrons. The molecule has 4 nitrogen and oxygen atoms in total. The lowest BCUT2D eigenvalue weighted by molar-refractivity contribution is -0.120. The highest BCUT2D eigenvalue weighted by atomic mass is 19.1. The van der Waals surface area contributed by atoms with E-state index in [1.165, 1.54) is 12.1 Å². The number of amides is 1. The van der Waals surface area contributed by atoms with Crippen molar-refractivity contribution in [2.45, 2.75) is 13.3 Å². The lowest BCUT2D eigenvalue weighted by atomic mass is 10.0. The van der Waals surface area contributed by atoms with Gasteiger partial charge in [0.2, 0.25) is 0 Å². The number of carbonyl (C=O) groups excluding carboxylic acids is 1. The minimum Gasteiger partial charge on any atom is -0.266 e. The average molecular weight is 421 g/mol. The van der Waals surface area contributed by atoms with E-state index >= 15 is 0 Å². The van der Waals surface area contributed by atoms with Crippen molar-refractivity contribution in [1.82, 2.24) is 4.90 Å². The summed E-state index contributed by atoms with van der Waals surface area (Å²) in [5.74, 6) is -0.0183. The van der Waals surface area contributed by atoms with Gasteiger partial charge in [0.25, 0.3) is 5.91 Å². The van der Waals surface area contributed by atoms with Gasteiger partial charge in [-0.15, -0.1) is 0 Å². The Morgan fingerprint density at radius 2 is 1.72 bits per heavy atom. The number of hydrogen-bond donors (Lipinski definition) is 0. The summed E-state index contributed by atoms with van der Waals surface area (Å²) in [6, 6.07) is 24.0. The molecule has 2 heterocycles. The van der Waals surface area contributed by atoms with E-state index in [1.807, 2.05) is 61.5 Å². The Hall–Kier alpha value is -4.12. The lowest BCUT2D eigenvalue weighted by Gasteiger charge is -2.22. The van der Waals surface area contributed by atoms with Crippen LogP contribution in [-0.4, -0.2) is 22.4 Å². The molecule has 32 heavy (non-hydrogen) atoms. The SMILES string of the molecule is Cc1cccc(C2=CN3C(=O)/C(=C/c4ccc(F)cc4)N=C3C(Cc3ccccc3)=N2)c1. The highest BCUT2D eigenvalue weighted by Crippen LogP contribution is 2.29. The standard InChI is InChI=1S/C27H20FN3O/c1-18-6-5-9-21(14-18)25-17-31-26(23(29-25)15-19-7-3-2-4-8-19)30-24(27(31)32)16-20-10-12-22(28)13-11-20/h2-14,16-17H,15H2,1H3/b24-16-. The smallest absolute Gasteiger partial charge is 0.266 e. The Labute approximate surface area is 185 Å². The number of amidine groups is 1. The number of carbonyl (C=O) groups is 1. The molecular weight excluding hydrogens is 401 g/mol. The molecule has 1 amide bonds. The first-order valence-corrected chi connectivity index (χ1v) is 10.4. The highest BCUT2D eigenvalue weighted by Gasteiger charge is 2.35. The maximum Gasteiger partial charge on any atom is 0.282 e. The minimum absolute atomic E-state index is 0.227. The van der Waals surface area contributed by atoms with Gasteiger partial charge in [-0.2, -0.15) is 0 Å². The number of aliphatic imine (C=N–C) groups is 2. The van der Waals surface area contributed by atoms with Crippen LogP contribution in [-0.2, 0) is 11.2 Å². The molecular formula is C27H20FN3O. The second-order valence-corrected chi connectivity index (χ2v) is 7.80. The van der Waals surface area contributed by atoms with Gasteiger partial charge in [0.1, 0.15) is 11.5 Å². The van der Waals surface area contributed by atoms with Crippen LogP contribution in [0.25, 0.3) is 11.8 Å². The van der Waals surface area contributed by atoms with Crippen LogP contribution in [0.15, 0.2) is 101 Å². The first-order valence-electron chi connectivity index (χ1n) is 10.4. The van der Waals surface area contributed by atoms with Crippen LogP contribution < -0.4 is 0 Å². The largest absolute Gasteiger partial charge is 0.282 e. The third kappa shape index (κ3) is 3.93. The van der Waals surface area contributed by atoms with E-state index in [0.29, 0.717) is 23.5 Å². The molecule has 3 aromatic rings. The monoisotopic (exact) mass is 421 g/mol. The zero-order chi connectivity index (χ0) is 22.1. The van der Waals surface area contributed by atoms with Crippen molar-refractivity contribution in [1.29, 1.82) is 0 Å². The zero-order valence-corrected chi connectivity index (χ0v) is 17.5. The lowest BCUT2D eigenvalue weighted by Crippen LogP contribution is -2.36. The number of aryl methyl sites for hydroxylation is 1. The number of halogens is 1. The van der Waals surface area contributed by atoms with Gasteiger partial charge in [0.15, 0.2) is 5.84 Å². The molecule has 5 heteroatoms. The molecule has 0 aliphatic carbocycles. The molecule has 0 saturated heterocycles. The van der Waals surface area contributed by atoms with E-state index in [2.05, 4.69) is 4.99 Å². The van der Waals surface area contributed by atoms with Crippen LogP contribution in [0.5, 0.6) is 0 Å². The van der Waals surface area contributed by atoms with Gasteiger partial charge in [-0.25, -0.2) is 14.4 Å². The van der Waals surface area contributed by atoms with E-state index in [9.17, 15) is 9.18 Å². The van der Waals surface area contributed by atoms with Crippen LogP contribution >= 0.6 is 0 Å². The minimum atomic E-state index is -0.323. The second kappa shape index (κ2) is 8.19. The molecule has 0 atom stereocenters. The number of fused-ring (bicyclic) bond motifs is 1. The molecule has 0 N–H and O–H groups in total. The fourth-order valence-electron chi connectivity index (χ4n) is 3.77. The fourth-order valence-corrected chi connectivity index (χ4v) is 3.77.